The minimum Gasteiger partial charge on any atom is -0.493 e. The van der Waals surface area contributed by atoms with Crippen LogP contribution in [0.5, 0.6) is 5.75 Å². The van der Waals surface area contributed by atoms with E-state index in [2.05, 4.69) is 10.3 Å². The first-order valence-electron chi connectivity index (χ1n) is 4.56. The normalized spacial score (nSPS) is 12.3. The van der Waals surface area contributed by atoms with Crippen molar-refractivity contribution in [2.45, 2.75) is 20.0 Å². The molecule has 1 aromatic rings. The van der Waals surface area contributed by atoms with Gasteiger partial charge in [-0.15, -0.1) is 0 Å². The second-order valence-electron chi connectivity index (χ2n) is 3.26. The molecule has 1 atom stereocenters. The van der Waals surface area contributed by atoms with Crippen molar-refractivity contribution in [1.29, 1.82) is 0 Å². The minimum atomic E-state index is -0.381. The average Bonchev–Trinajstić information content (AvgIpc) is 2.15. The zero-order valence-corrected chi connectivity index (χ0v) is 8.74. The summed E-state index contributed by atoms with van der Waals surface area (Å²) in [6, 6.07) is 1.89. The van der Waals surface area contributed by atoms with Gasteiger partial charge in [-0.3, -0.25) is 4.98 Å². The molecule has 14 heavy (non-hydrogen) atoms. The molecule has 4 nitrogen and oxygen atoms in total. The van der Waals surface area contributed by atoms with Crippen LogP contribution in [0.4, 0.5) is 5.69 Å². The molecule has 2 N–H and O–H groups in total. The maximum atomic E-state index is 9.13. The largest absolute Gasteiger partial charge is 0.493 e. The summed E-state index contributed by atoms with van der Waals surface area (Å²) in [7, 11) is 1.60. The summed E-state index contributed by atoms with van der Waals surface area (Å²) in [4.78, 5) is 4.11. The summed E-state index contributed by atoms with van der Waals surface area (Å²) in [5.41, 5.74) is 1.78. The molecule has 0 radical (unpaired) electrons. The number of anilines is 1. The number of nitrogens with zero attached hydrogens (tertiary/aromatic N) is 1. The highest BCUT2D eigenvalue weighted by molar-refractivity contribution is 5.55. The molecular formula is C10H16N2O2. The average molecular weight is 196 g/mol. The number of nitrogens with one attached hydrogen (secondary N) is 1. The van der Waals surface area contributed by atoms with E-state index >= 15 is 0 Å². The quantitative estimate of drug-likeness (QED) is 0.759. The number of rotatable bonds is 4. The number of aryl methyl sites for hydroxylation is 1. The highest BCUT2D eigenvalue weighted by Crippen LogP contribution is 2.23. The lowest BCUT2D eigenvalue weighted by atomic mass is 10.3. The second-order valence-corrected chi connectivity index (χ2v) is 3.26. The molecule has 78 valence electrons. The lowest BCUT2D eigenvalue weighted by Crippen LogP contribution is -2.15. The van der Waals surface area contributed by atoms with Crippen molar-refractivity contribution >= 4 is 5.69 Å². The number of hydrogen-bond acceptors (Lipinski definition) is 4. The fourth-order valence-electron chi connectivity index (χ4n) is 1.11. The van der Waals surface area contributed by atoms with E-state index in [1.165, 1.54) is 0 Å². The zero-order valence-electron chi connectivity index (χ0n) is 8.74. The monoisotopic (exact) mass is 196 g/mol. The van der Waals surface area contributed by atoms with Crippen LogP contribution in [0.15, 0.2) is 12.3 Å². The van der Waals surface area contributed by atoms with E-state index in [-0.39, 0.29) is 6.10 Å². The third-order valence-electron chi connectivity index (χ3n) is 1.81. The van der Waals surface area contributed by atoms with Crippen molar-refractivity contribution in [2.75, 3.05) is 19.0 Å². The SMILES string of the molecule is COc1cnc(C)cc1NC[C@H](C)O. The first kappa shape index (κ1) is 10.8. The Labute approximate surface area is 83.9 Å². The lowest BCUT2D eigenvalue weighted by molar-refractivity contribution is 0.208. The Bertz CT molecular complexity index is 300. The molecule has 0 aliphatic rings. The van der Waals surface area contributed by atoms with Gasteiger partial charge >= 0.3 is 0 Å². The van der Waals surface area contributed by atoms with Crippen LogP contribution < -0.4 is 10.1 Å². The van der Waals surface area contributed by atoms with Crippen LogP contribution in [0.1, 0.15) is 12.6 Å². The van der Waals surface area contributed by atoms with Gasteiger partial charge in [0.1, 0.15) is 0 Å². The van der Waals surface area contributed by atoms with Crippen LogP contribution in [-0.2, 0) is 0 Å². The van der Waals surface area contributed by atoms with Crippen LogP contribution >= 0.6 is 0 Å². The van der Waals surface area contributed by atoms with E-state index in [9.17, 15) is 0 Å². The molecule has 0 spiro atoms. The minimum absolute atomic E-state index is 0.381. The van der Waals surface area contributed by atoms with Crippen molar-refractivity contribution in [3.63, 3.8) is 0 Å². The molecule has 1 heterocycles. The molecule has 0 amide bonds. The van der Waals surface area contributed by atoms with Gasteiger partial charge in [-0.1, -0.05) is 0 Å². The van der Waals surface area contributed by atoms with Crippen LogP contribution in [0.3, 0.4) is 0 Å². The molecule has 1 aromatic heterocycles. The van der Waals surface area contributed by atoms with Gasteiger partial charge in [0.15, 0.2) is 5.75 Å². The number of hydrogen-bond donors (Lipinski definition) is 2. The smallest absolute Gasteiger partial charge is 0.160 e. The van der Waals surface area contributed by atoms with Gasteiger partial charge in [0.2, 0.25) is 0 Å². The van der Waals surface area contributed by atoms with E-state index in [4.69, 9.17) is 9.84 Å². The summed E-state index contributed by atoms with van der Waals surface area (Å²) < 4.78 is 5.13. The molecule has 0 fully saturated rings. The third kappa shape index (κ3) is 2.88. The van der Waals surface area contributed by atoms with Crippen molar-refractivity contribution in [3.8, 4) is 5.75 Å². The van der Waals surface area contributed by atoms with Gasteiger partial charge in [-0.2, -0.15) is 0 Å². The van der Waals surface area contributed by atoms with Crippen LogP contribution in [0.25, 0.3) is 0 Å². The molecule has 4 heteroatoms. The van der Waals surface area contributed by atoms with E-state index < -0.39 is 0 Å². The van der Waals surface area contributed by atoms with Gasteiger partial charge in [-0.05, 0) is 19.9 Å². The molecule has 0 aromatic carbocycles. The lowest BCUT2D eigenvalue weighted by Gasteiger charge is -2.12. The summed E-state index contributed by atoms with van der Waals surface area (Å²) in [6.45, 7) is 4.14. The summed E-state index contributed by atoms with van der Waals surface area (Å²) in [5.74, 6) is 0.691. The van der Waals surface area contributed by atoms with Crippen molar-refractivity contribution in [1.82, 2.24) is 4.98 Å². The van der Waals surface area contributed by atoms with E-state index in [1.807, 2.05) is 13.0 Å². The molecule has 0 unspecified atom stereocenters. The number of aromatic nitrogens is 1. The van der Waals surface area contributed by atoms with E-state index in [1.54, 1.807) is 20.2 Å². The Morgan fingerprint density at radius 3 is 2.93 bits per heavy atom. The molecule has 0 aliphatic heterocycles. The van der Waals surface area contributed by atoms with Gasteiger partial charge in [-0.25, -0.2) is 0 Å². The molecule has 1 rings (SSSR count). The Morgan fingerprint density at radius 2 is 2.36 bits per heavy atom. The van der Waals surface area contributed by atoms with Crippen LogP contribution in [0.2, 0.25) is 0 Å². The molecule has 0 saturated heterocycles. The molecule has 0 aliphatic carbocycles. The number of aliphatic hydroxyl groups is 1. The predicted molar refractivity (Wildman–Crippen MR) is 55.7 cm³/mol. The summed E-state index contributed by atoms with van der Waals surface area (Å²) >= 11 is 0. The van der Waals surface area contributed by atoms with Gasteiger partial charge in [0.25, 0.3) is 0 Å². The fraction of sp³-hybridized carbons (Fsp3) is 0.500. The zero-order chi connectivity index (χ0) is 10.6. The summed E-state index contributed by atoms with van der Waals surface area (Å²) in [6.07, 6.45) is 1.29. The van der Waals surface area contributed by atoms with Crippen LogP contribution in [-0.4, -0.2) is 29.8 Å². The highest BCUT2D eigenvalue weighted by atomic mass is 16.5. The van der Waals surface area contributed by atoms with E-state index in [0.29, 0.717) is 12.3 Å². The first-order chi connectivity index (χ1) is 6.63. The van der Waals surface area contributed by atoms with Gasteiger partial charge < -0.3 is 15.2 Å². The molecule has 0 bridgehead atoms. The standard InChI is InChI=1S/C10H16N2O2/c1-7-4-9(12-5-8(2)13)10(14-3)6-11-7/h4,6,8,13H,5H2,1-3H3,(H,11,12)/t8-/m0/s1. The molecular weight excluding hydrogens is 180 g/mol. The second kappa shape index (κ2) is 4.81. The maximum absolute atomic E-state index is 9.13. The van der Waals surface area contributed by atoms with Crippen molar-refractivity contribution in [3.05, 3.63) is 18.0 Å². The van der Waals surface area contributed by atoms with Gasteiger partial charge in [0, 0.05) is 12.2 Å². The number of pyridine rings is 1. The van der Waals surface area contributed by atoms with Crippen molar-refractivity contribution < 1.29 is 9.84 Å². The Morgan fingerprint density at radius 1 is 1.64 bits per heavy atom. The molecule has 0 saturated carbocycles. The maximum Gasteiger partial charge on any atom is 0.160 e. The Hall–Kier alpha value is -1.29. The Balaban J connectivity index is 2.77. The van der Waals surface area contributed by atoms with Crippen molar-refractivity contribution in [2.24, 2.45) is 0 Å². The van der Waals surface area contributed by atoms with E-state index in [0.717, 1.165) is 11.4 Å². The van der Waals surface area contributed by atoms with Crippen LogP contribution in [0, 0.1) is 6.92 Å². The highest BCUT2D eigenvalue weighted by Gasteiger charge is 2.04. The van der Waals surface area contributed by atoms with Gasteiger partial charge in [0.05, 0.1) is 25.1 Å². The fourth-order valence-corrected chi connectivity index (χ4v) is 1.11. The number of aliphatic hydroxyl groups excluding tert-OH is 1. The third-order valence-corrected chi connectivity index (χ3v) is 1.81. The topological polar surface area (TPSA) is 54.4 Å². The number of ether oxygens (including phenoxy) is 1. The first-order valence-corrected chi connectivity index (χ1v) is 4.56. The number of methoxy groups -OCH3 is 1. The predicted octanol–water partition coefficient (Wildman–Crippen LogP) is 1.19. The summed E-state index contributed by atoms with van der Waals surface area (Å²) in [5, 5.41) is 12.2. The Kier molecular flexibility index (Phi) is 3.71.